The molecule has 3 atom stereocenters. The van der Waals surface area contributed by atoms with Crippen LogP contribution in [0.5, 0.6) is 5.75 Å². The van der Waals surface area contributed by atoms with Crippen molar-refractivity contribution < 1.29 is 48.4 Å². The number of amides is 1. The monoisotopic (exact) mass is 477 g/mol. The van der Waals surface area contributed by atoms with Crippen molar-refractivity contribution in [1.29, 1.82) is 0 Å². The molecule has 2 aromatic rings. The van der Waals surface area contributed by atoms with Gasteiger partial charge in [0.1, 0.15) is 18.2 Å². The van der Waals surface area contributed by atoms with E-state index in [-0.39, 0.29) is 18.6 Å². The number of hydrogen-bond donors (Lipinski definition) is 4. The fraction of sp³-hybridized carbons (Fsp3) is 0.348. The van der Waals surface area contributed by atoms with E-state index in [2.05, 4.69) is 4.84 Å². The number of aliphatic hydroxyl groups is 3. The first-order valence-corrected chi connectivity index (χ1v) is 10.2. The zero-order chi connectivity index (χ0) is 25.1. The van der Waals surface area contributed by atoms with E-state index < -0.39 is 47.1 Å². The molecule has 0 aromatic heterocycles. The molecule has 0 aliphatic carbocycles. The maximum Gasteiger partial charge on any atom is 0.363 e. The van der Waals surface area contributed by atoms with Gasteiger partial charge in [0.15, 0.2) is 12.2 Å². The summed E-state index contributed by atoms with van der Waals surface area (Å²) in [5.74, 6) is -4.21. The van der Waals surface area contributed by atoms with Gasteiger partial charge in [0.2, 0.25) is 5.60 Å². The van der Waals surface area contributed by atoms with Crippen molar-refractivity contribution in [3.63, 3.8) is 0 Å². The maximum absolute atomic E-state index is 13.4. The fourth-order valence-electron chi connectivity index (χ4n) is 3.15. The molecule has 1 aliphatic rings. The minimum absolute atomic E-state index is 0.0252. The summed E-state index contributed by atoms with van der Waals surface area (Å²) in [6.07, 6.45) is -4.97. The van der Waals surface area contributed by atoms with Crippen molar-refractivity contribution in [1.82, 2.24) is 5.48 Å². The fourth-order valence-corrected chi connectivity index (χ4v) is 3.15. The van der Waals surface area contributed by atoms with Gasteiger partial charge in [0, 0.05) is 12.0 Å². The third-order valence-corrected chi connectivity index (χ3v) is 4.95. The van der Waals surface area contributed by atoms with E-state index in [1.807, 2.05) is 5.48 Å². The second-order valence-corrected chi connectivity index (χ2v) is 8.42. The first-order valence-electron chi connectivity index (χ1n) is 10.2. The average molecular weight is 477 g/mol. The molecule has 3 rings (SSSR count). The summed E-state index contributed by atoms with van der Waals surface area (Å²) in [7, 11) is 0. The minimum atomic E-state index is -2.33. The number of carbonyl (C=O) groups is 3. The lowest BCUT2D eigenvalue weighted by atomic mass is 9.86. The zero-order valence-electron chi connectivity index (χ0n) is 18.4. The molecule has 0 spiro atoms. The smallest absolute Gasteiger partial charge is 0.363 e. The van der Waals surface area contributed by atoms with Gasteiger partial charge in [-0.3, -0.25) is 4.79 Å². The molecule has 11 heteroatoms. The van der Waals surface area contributed by atoms with Crippen molar-refractivity contribution >= 4 is 17.8 Å². The highest BCUT2D eigenvalue weighted by atomic mass is 19.1. The Kier molecular flexibility index (Phi) is 7.20. The molecule has 3 unspecified atom stereocenters. The normalized spacial score (nSPS) is 23.6. The van der Waals surface area contributed by atoms with Gasteiger partial charge in [-0.15, -0.1) is 0 Å². The Morgan fingerprint density at radius 1 is 1.00 bits per heavy atom. The number of cyclic esters (lactones) is 1. The van der Waals surface area contributed by atoms with Crippen LogP contribution in [0.1, 0.15) is 25.0 Å². The molecule has 1 saturated heterocycles. The molecule has 34 heavy (non-hydrogen) atoms. The number of hydrogen-bond acceptors (Lipinski definition) is 9. The summed E-state index contributed by atoms with van der Waals surface area (Å²) < 4.78 is 24.3. The minimum Gasteiger partial charge on any atom is -0.491 e. The topological polar surface area (TPSA) is 152 Å². The second kappa shape index (κ2) is 9.75. The van der Waals surface area contributed by atoms with Crippen LogP contribution in [0.15, 0.2) is 48.5 Å². The summed E-state index contributed by atoms with van der Waals surface area (Å²) in [6, 6.07) is 10.7. The van der Waals surface area contributed by atoms with Gasteiger partial charge in [-0.05, 0) is 43.7 Å². The van der Waals surface area contributed by atoms with Crippen LogP contribution in [0.25, 0.3) is 0 Å². The van der Waals surface area contributed by atoms with Crippen LogP contribution in [0, 0.1) is 5.82 Å². The molecule has 182 valence electrons. The summed E-state index contributed by atoms with van der Waals surface area (Å²) >= 11 is 0. The quantitative estimate of drug-likeness (QED) is 0.430. The lowest BCUT2D eigenvalue weighted by Gasteiger charge is -2.32. The molecule has 0 radical (unpaired) electrons. The number of hydroxylamine groups is 1. The third-order valence-electron chi connectivity index (χ3n) is 4.95. The summed E-state index contributed by atoms with van der Waals surface area (Å²) in [5, 5.41) is 29.7. The summed E-state index contributed by atoms with van der Waals surface area (Å²) in [5.41, 5.74) is -0.972. The molecule has 0 bridgehead atoms. The highest BCUT2D eigenvalue weighted by Crippen LogP contribution is 2.34. The predicted octanol–water partition coefficient (Wildman–Crippen LogP) is 0.266. The van der Waals surface area contributed by atoms with Crippen molar-refractivity contribution in [3.8, 4) is 5.75 Å². The SMILES string of the molecule is CC(C)(O)COc1ccc(C2(Cc3ccc(F)cc3)OC(=O)C(O)C(O)C(=O)ONC2=O)cc1. The van der Waals surface area contributed by atoms with E-state index in [9.17, 15) is 34.1 Å². The second-order valence-electron chi connectivity index (χ2n) is 8.42. The van der Waals surface area contributed by atoms with Crippen LogP contribution in [0.2, 0.25) is 0 Å². The van der Waals surface area contributed by atoms with Crippen LogP contribution in [-0.4, -0.2) is 57.6 Å². The van der Waals surface area contributed by atoms with Crippen LogP contribution < -0.4 is 10.2 Å². The van der Waals surface area contributed by atoms with Gasteiger partial charge in [0.25, 0.3) is 0 Å². The Morgan fingerprint density at radius 2 is 1.59 bits per heavy atom. The number of halogens is 1. The number of rotatable bonds is 6. The molecule has 0 saturated carbocycles. The van der Waals surface area contributed by atoms with Crippen LogP contribution in [-0.2, 0) is 36.0 Å². The molecule has 4 N–H and O–H groups in total. The lowest BCUT2D eigenvalue weighted by Crippen LogP contribution is -2.49. The highest BCUT2D eigenvalue weighted by molar-refractivity contribution is 5.93. The first kappa shape index (κ1) is 25.1. The number of aliphatic hydroxyl groups excluding tert-OH is 2. The zero-order valence-corrected chi connectivity index (χ0v) is 18.4. The Hall–Kier alpha value is -3.54. The van der Waals surface area contributed by atoms with Crippen molar-refractivity contribution in [2.75, 3.05) is 6.61 Å². The van der Waals surface area contributed by atoms with Gasteiger partial charge in [-0.25, -0.2) is 14.0 Å². The number of carbonyl (C=O) groups excluding carboxylic acids is 3. The summed E-state index contributed by atoms with van der Waals surface area (Å²) in [6.45, 7) is 3.09. The lowest BCUT2D eigenvalue weighted by molar-refractivity contribution is -0.181. The van der Waals surface area contributed by atoms with E-state index in [1.54, 1.807) is 13.8 Å². The maximum atomic E-state index is 13.4. The third kappa shape index (κ3) is 5.68. The summed E-state index contributed by atoms with van der Waals surface area (Å²) in [4.78, 5) is 42.2. The van der Waals surface area contributed by atoms with Crippen LogP contribution in [0.4, 0.5) is 4.39 Å². The Labute approximate surface area is 193 Å². The van der Waals surface area contributed by atoms with Crippen molar-refractivity contribution in [2.24, 2.45) is 0 Å². The average Bonchev–Trinajstić information content (AvgIpc) is 2.82. The number of esters is 1. The largest absolute Gasteiger partial charge is 0.491 e. The first-order chi connectivity index (χ1) is 15.9. The van der Waals surface area contributed by atoms with Crippen molar-refractivity contribution in [2.45, 2.75) is 43.7 Å². The van der Waals surface area contributed by atoms with Gasteiger partial charge < -0.3 is 29.6 Å². The predicted molar refractivity (Wildman–Crippen MR) is 112 cm³/mol. The van der Waals surface area contributed by atoms with E-state index in [1.165, 1.54) is 36.4 Å². The molecule has 1 heterocycles. The molecular weight excluding hydrogens is 453 g/mol. The Balaban J connectivity index is 2.05. The van der Waals surface area contributed by atoms with E-state index in [0.717, 1.165) is 12.1 Å². The van der Waals surface area contributed by atoms with Crippen molar-refractivity contribution in [3.05, 3.63) is 65.5 Å². The van der Waals surface area contributed by atoms with E-state index >= 15 is 0 Å². The molecular formula is C23H24FNO9. The van der Waals surface area contributed by atoms with Gasteiger partial charge in [0.05, 0.1) is 5.60 Å². The molecule has 2 aromatic carbocycles. The molecule has 1 amide bonds. The Bertz CT molecular complexity index is 1050. The molecule has 1 fully saturated rings. The number of benzene rings is 2. The molecule has 10 nitrogen and oxygen atoms in total. The van der Waals surface area contributed by atoms with E-state index in [4.69, 9.17) is 9.47 Å². The van der Waals surface area contributed by atoms with Gasteiger partial charge >= 0.3 is 17.8 Å². The van der Waals surface area contributed by atoms with Gasteiger partial charge in [-0.2, -0.15) is 5.48 Å². The standard InChI is InChI=1S/C23H24FNO9/c1-22(2,31)12-32-16-9-5-14(6-10-16)23(11-13-3-7-15(24)8-4-13)21(30)25-34-20(29)18(27)17(26)19(28)33-23/h3-10,17-18,26-27,31H,11-12H2,1-2H3,(H,25,30). The van der Waals surface area contributed by atoms with Gasteiger partial charge in [-0.1, -0.05) is 24.3 Å². The number of nitrogens with one attached hydrogen (secondary N) is 1. The van der Waals surface area contributed by atoms with Crippen LogP contribution in [0.3, 0.4) is 0 Å². The van der Waals surface area contributed by atoms with Crippen LogP contribution >= 0.6 is 0 Å². The highest BCUT2D eigenvalue weighted by Gasteiger charge is 2.49. The number of ether oxygens (including phenoxy) is 2. The Morgan fingerprint density at radius 3 is 2.18 bits per heavy atom. The molecule has 1 aliphatic heterocycles. The van der Waals surface area contributed by atoms with E-state index in [0.29, 0.717) is 11.3 Å².